The van der Waals surface area contributed by atoms with Crippen LogP contribution < -0.4 is 5.32 Å². The van der Waals surface area contributed by atoms with Crippen LogP contribution in [0.1, 0.15) is 5.56 Å². The van der Waals surface area contributed by atoms with Gasteiger partial charge in [-0.2, -0.15) is 0 Å². The van der Waals surface area contributed by atoms with Crippen molar-refractivity contribution in [2.24, 2.45) is 0 Å². The van der Waals surface area contributed by atoms with Crippen LogP contribution in [-0.2, 0) is 11.2 Å². The molecule has 3 nitrogen and oxygen atoms in total. The van der Waals surface area contributed by atoms with Gasteiger partial charge in [-0.25, -0.2) is 0 Å². The van der Waals surface area contributed by atoms with Gasteiger partial charge in [0.25, 0.3) is 0 Å². The molecule has 0 atom stereocenters. The summed E-state index contributed by atoms with van der Waals surface area (Å²) >= 11 is 0. The van der Waals surface area contributed by atoms with E-state index in [1.54, 1.807) is 6.20 Å². The zero-order chi connectivity index (χ0) is 9.54. The van der Waals surface area contributed by atoms with Gasteiger partial charge in [-0.05, 0) is 6.07 Å². The highest BCUT2D eigenvalue weighted by molar-refractivity contribution is 6.07. The van der Waals surface area contributed by atoms with Crippen LogP contribution in [0.15, 0.2) is 30.5 Å². The summed E-state index contributed by atoms with van der Waals surface area (Å²) in [5.74, 6) is 0.0538. The number of benzene rings is 1. The van der Waals surface area contributed by atoms with Gasteiger partial charge in [-0.15, -0.1) is 0 Å². The number of hydrogen-bond acceptors (Lipinski definition) is 2. The van der Waals surface area contributed by atoms with Crippen LogP contribution in [0.25, 0.3) is 10.9 Å². The van der Waals surface area contributed by atoms with Crippen molar-refractivity contribution in [3.63, 3.8) is 0 Å². The highest BCUT2D eigenvalue weighted by Gasteiger charge is 2.19. The number of carbonyl (C=O) groups is 1. The van der Waals surface area contributed by atoms with Gasteiger partial charge in [-0.1, -0.05) is 18.2 Å². The minimum atomic E-state index is 0.0538. The first-order valence-electron chi connectivity index (χ1n) is 4.51. The lowest BCUT2D eigenvalue weighted by Crippen LogP contribution is -2.03. The van der Waals surface area contributed by atoms with Gasteiger partial charge in [0.1, 0.15) is 0 Å². The Bertz CT molecular complexity index is 534. The quantitative estimate of drug-likeness (QED) is 0.677. The van der Waals surface area contributed by atoms with E-state index in [-0.39, 0.29) is 5.91 Å². The number of fused-ring (bicyclic) bond motifs is 3. The number of para-hydroxylation sites is 1. The fourth-order valence-electron chi connectivity index (χ4n) is 1.82. The van der Waals surface area contributed by atoms with Gasteiger partial charge >= 0.3 is 0 Å². The van der Waals surface area contributed by atoms with E-state index in [1.165, 1.54) is 0 Å². The van der Waals surface area contributed by atoms with Crippen molar-refractivity contribution in [1.29, 1.82) is 0 Å². The minimum absolute atomic E-state index is 0.0538. The number of rotatable bonds is 0. The number of amides is 1. The molecule has 1 aromatic heterocycles. The molecule has 1 aromatic carbocycles. The second-order valence-electron chi connectivity index (χ2n) is 3.40. The molecule has 0 saturated heterocycles. The number of nitrogens with zero attached hydrogens (tertiary/aromatic N) is 1. The van der Waals surface area contributed by atoms with Crippen molar-refractivity contribution in [2.45, 2.75) is 6.42 Å². The van der Waals surface area contributed by atoms with Crippen LogP contribution in [-0.4, -0.2) is 10.9 Å². The Morgan fingerprint density at radius 3 is 3.07 bits per heavy atom. The molecule has 0 saturated carbocycles. The Morgan fingerprint density at radius 2 is 2.14 bits per heavy atom. The number of anilines is 1. The Kier molecular flexibility index (Phi) is 1.36. The molecule has 0 bridgehead atoms. The fraction of sp³-hybridized carbons (Fsp3) is 0.0909. The van der Waals surface area contributed by atoms with Crippen molar-refractivity contribution in [2.75, 3.05) is 5.32 Å². The van der Waals surface area contributed by atoms with E-state index in [4.69, 9.17) is 0 Å². The Morgan fingerprint density at radius 1 is 1.29 bits per heavy atom. The lowest BCUT2D eigenvalue weighted by Gasteiger charge is -2.02. The smallest absolute Gasteiger partial charge is 0.228 e. The van der Waals surface area contributed by atoms with Crippen LogP contribution in [0.5, 0.6) is 0 Å². The molecule has 14 heavy (non-hydrogen) atoms. The molecular formula is C11H8N2O. The average molecular weight is 184 g/mol. The van der Waals surface area contributed by atoms with Crippen molar-refractivity contribution >= 4 is 22.5 Å². The standard InChI is InChI=1S/C11H8N2O/c14-10-5-7-6-12-9-4-2-1-3-8(9)11(7)13-10/h1-4,6H,5H2,(H,13,14). The molecule has 1 amide bonds. The predicted molar refractivity (Wildman–Crippen MR) is 54.1 cm³/mol. The molecule has 0 fully saturated rings. The molecule has 0 radical (unpaired) electrons. The van der Waals surface area contributed by atoms with Gasteiger partial charge in [0.2, 0.25) is 5.91 Å². The molecule has 2 heterocycles. The maximum atomic E-state index is 11.2. The largest absolute Gasteiger partial charge is 0.325 e. The van der Waals surface area contributed by atoms with Crippen LogP contribution in [0, 0.1) is 0 Å². The molecule has 68 valence electrons. The minimum Gasteiger partial charge on any atom is -0.325 e. The molecular weight excluding hydrogens is 176 g/mol. The highest BCUT2D eigenvalue weighted by Crippen LogP contribution is 2.29. The van der Waals surface area contributed by atoms with Crippen molar-refractivity contribution in [3.8, 4) is 0 Å². The van der Waals surface area contributed by atoms with Gasteiger partial charge in [-0.3, -0.25) is 9.78 Å². The van der Waals surface area contributed by atoms with Crippen molar-refractivity contribution in [1.82, 2.24) is 4.98 Å². The van der Waals surface area contributed by atoms with E-state index in [1.807, 2.05) is 24.3 Å². The Hall–Kier alpha value is -1.90. The maximum Gasteiger partial charge on any atom is 0.228 e. The number of nitrogens with one attached hydrogen (secondary N) is 1. The van der Waals surface area contributed by atoms with E-state index in [0.717, 1.165) is 22.2 Å². The predicted octanol–water partition coefficient (Wildman–Crippen LogP) is 1.73. The van der Waals surface area contributed by atoms with E-state index in [2.05, 4.69) is 10.3 Å². The molecule has 0 spiro atoms. The van der Waals surface area contributed by atoms with Crippen LogP contribution >= 0.6 is 0 Å². The first-order valence-corrected chi connectivity index (χ1v) is 4.51. The monoisotopic (exact) mass is 184 g/mol. The first-order chi connectivity index (χ1) is 6.84. The molecule has 1 aliphatic heterocycles. The number of hydrogen-bond donors (Lipinski definition) is 1. The zero-order valence-electron chi connectivity index (χ0n) is 7.45. The summed E-state index contributed by atoms with van der Waals surface area (Å²) < 4.78 is 0. The second kappa shape index (κ2) is 2.54. The molecule has 3 heteroatoms. The Balaban J connectivity index is 2.39. The van der Waals surface area contributed by atoms with Gasteiger partial charge in [0, 0.05) is 17.1 Å². The average Bonchev–Trinajstić information content (AvgIpc) is 2.59. The molecule has 3 rings (SSSR count). The van der Waals surface area contributed by atoms with Gasteiger partial charge in [0.05, 0.1) is 17.6 Å². The van der Waals surface area contributed by atoms with Gasteiger partial charge < -0.3 is 5.32 Å². The summed E-state index contributed by atoms with van der Waals surface area (Å²) in [7, 11) is 0. The van der Waals surface area contributed by atoms with Crippen molar-refractivity contribution < 1.29 is 4.79 Å². The van der Waals surface area contributed by atoms with E-state index < -0.39 is 0 Å². The summed E-state index contributed by atoms with van der Waals surface area (Å²) in [4.78, 5) is 15.5. The van der Waals surface area contributed by atoms with E-state index >= 15 is 0 Å². The van der Waals surface area contributed by atoms with Crippen LogP contribution in [0.4, 0.5) is 5.69 Å². The number of pyridine rings is 1. The summed E-state index contributed by atoms with van der Waals surface area (Å²) in [5, 5.41) is 3.89. The topological polar surface area (TPSA) is 42.0 Å². The van der Waals surface area contributed by atoms with Crippen molar-refractivity contribution in [3.05, 3.63) is 36.0 Å². The first kappa shape index (κ1) is 7.50. The maximum absolute atomic E-state index is 11.2. The second-order valence-corrected chi connectivity index (χ2v) is 3.40. The summed E-state index contributed by atoms with van der Waals surface area (Å²) in [6.07, 6.45) is 2.22. The molecule has 0 aliphatic carbocycles. The third kappa shape index (κ3) is 0.923. The number of carbonyl (C=O) groups excluding carboxylic acids is 1. The highest BCUT2D eigenvalue weighted by atomic mass is 16.1. The fourth-order valence-corrected chi connectivity index (χ4v) is 1.82. The molecule has 1 aliphatic rings. The summed E-state index contributed by atoms with van der Waals surface area (Å²) in [6, 6.07) is 7.82. The SMILES string of the molecule is O=C1Cc2cnc3ccccc3c2N1. The van der Waals surface area contributed by atoms with Gasteiger partial charge in [0.15, 0.2) is 0 Å². The van der Waals surface area contributed by atoms with Crippen LogP contribution in [0.3, 0.4) is 0 Å². The lowest BCUT2D eigenvalue weighted by molar-refractivity contribution is -0.115. The summed E-state index contributed by atoms with van der Waals surface area (Å²) in [5.41, 5.74) is 2.85. The summed E-state index contributed by atoms with van der Waals surface area (Å²) in [6.45, 7) is 0. The van der Waals surface area contributed by atoms with E-state index in [0.29, 0.717) is 6.42 Å². The molecule has 1 N–H and O–H groups in total. The third-order valence-corrected chi connectivity index (χ3v) is 2.47. The lowest BCUT2D eigenvalue weighted by atomic mass is 10.1. The zero-order valence-corrected chi connectivity index (χ0v) is 7.45. The van der Waals surface area contributed by atoms with Crippen LogP contribution in [0.2, 0.25) is 0 Å². The molecule has 0 unspecified atom stereocenters. The Labute approximate surface area is 80.8 Å². The number of aromatic nitrogens is 1. The third-order valence-electron chi connectivity index (χ3n) is 2.47. The normalized spacial score (nSPS) is 14.1. The molecule has 2 aromatic rings. The van der Waals surface area contributed by atoms with E-state index in [9.17, 15) is 4.79 Å².